The van der Waals surface area contributed by atoms with E-state index in [1.54, 1.807) is 24.3 Å². The maximum absolute atomic E-state index is 12.1. The van der Waals surface area contributed by atoms with Crippen LogP contribution in [0, 0.1) is 11.8 Å². The lowest BCUT2D eigenvalue weighted by Gasteiger charge is -2.19. The Morgan fingerprint density at radius 3 is 1.96 bits per heavy atom. The van der Waals surface area contributed by atoms with E-state index in [9.17, 15) is 9.59 Å². The van der Waals surface area contributed by atoms with Gasteiger partial charge >= 0.3 is 11.9 Å². The van der Waals surface area contributed by atoms with E-state index < -0.39 is 0 Å². The van der Waals surface area contributed by atoms with Gasteiger partial charge in [-0.2, -0.15) is 0 Å². The number of ether oxygens (including phenoxy) is 2. The molecule has 1 unspecified atom stereocenters. The van der Waals surface area contributed by atoms with Crippen molar-refractivity contribution in [2.24, 2.45) is 11.8 Å². The fourth-order valence-electron chi connectivity index (χ4n) is 2.38. The molecule has 1 rings (SSSR count). The first-order chi connectivity index (χ1) is 11.3. The smallest absolute Gasteiger partial charge is 0.338 e. The van der Waals surface area contributed by atoms with Crippen LogP contribution in [-0.4, -0.2) is 24.6 Å². The molecule has 1 atom stereocenters. The molecule has 1 aromatic rings. The average Bonchev–Trinajstić information content (AvgIpc) is 2.55. The van der Waals surface area contributed by atoms with Crippen molar-refractivity contribution < 1.29 is 19.1 Å². The van der Waals surface area contributed by atoms with E-state index in [1.807, 2.05) is 20.8 Å². The number of hydrogen-bond donors (Lipinski definition) is 0. The van der Waals surface area contributed by atoms with Gasteiger partial charge in [0.2, 0.25) is 0 Å². The van der Waals surface area contributed by atoms with Crippen LogP contribution >= 0.6 is 0 Å². The summed E-state index contributed by atoms with van der Waals surface area (Å²) in [7, 11) is 0. The SMILES string of the molecule is CCC(OC(=O)c1ccc(C(=O)OCCCC(C)C)cc1)C(C)C. The molecule has 4 heteroatoms. The zero-order valence-corrected chi connectivity index (χ0v) is 15.5. The molecular formula is C20H30O4. The van der Waals surface area contributed by atoms with Crippen molar-refractivity contribution in [1.82, 2.24) is 0 Å². The normalized spacial score (nSPS) is 12.3. The highest BCUT2D eigenvalue weighted by molar-refractivity contribution is 5.93. The largest absolute Gasteiger partial charge is 0.462 e. The molecule has 0 radical (unpaired) electrons. The Balaban J connectivity index is 2.55. The van der Waals surface area contributed by atoms with E-state index in [0.29, 0.717) is 23.7 Å². The van der Waals surface area contributed by atoms with Crippen LogP contribution in [-0.2, 0) is 9.47 Å². The van der Waals surface area contributed by atoms with Gasteiger partial charge in [-0.1, -0.05) is 34.6 Å². The minimum atomic E-state index is -0.354. The van der Waals surface area contributed by atoms with Crippen LogP contribution in [0.4, 0.5) is 0 Å². The fraction of sp³-hybridized carbons (Fsp3) is 0.600. The van der Waals surface area contributed by atoms with Crippen LogP contribution in [0.2, 0.25) is 0 Å². The van der Waals surface area contributed by atoms with Crippen molar-refractivity contribution in [3.63, 3.8) is 0 Å². The number of rotatable bonds is 9. The number of esters is 2. The third kappa shape index (κ3) is 6.73. The Hall–Kier alpha value is -1.84. The second-order valence-electron chi connectivity index (χ2n) is 6.85. The van der Waals surface area contributed by atoms with E-state index in [2.05, 4.69) is 13.8 Å². The van der Waals surface area contributed by atoms with Crippen molar-refractivity contribution in [3.05, 3.63) is 35.4 Å². The standard InChI is InChI=1S/C20H30O4/c1-6-18(15(4)5)24-20(22)17-11-9-16(10-12-17)19(21)23-13-7-8-14(2)3/h9-12,14-15,18H,6-8,13H2,1-5H3. The Morgan fingerprint density at radius 1 is 0.958 bits per heavy atom. The van der Waals surface area contributed by atoms with Crippen LogP contribution in [0.5, 0.6) is 0 Å². The summed E-state index contributed by atoms with van der Waals surface area (Å²) in [6, 6.07) is 6.44. The van der Waals surface area contributed by atoms with Gasteiger partial charge in [-0.05, 0) is 55.4 Å². The number of carbonyl (C=O) groups excluding carboxylic acids is 2. The van der Waals surface area contributed by atoms with Crippen LogP contribution in [0.25, 0.3) is 0 Å². The molecule has 0 amide bonds. The molecule has 0 fully saturated rings. The topological polar surface area (TPSA) is 52.6 Å². The van der Waals surface area contributed by atoms with Crippen molar-refractivity contribution in [3.8, 4) is 0 Å². The Morgan fingerprint density at radius 2 is 1.50 bits per heavy atom. The fourth-order valence-corrected chi connectivity index (χ4v) is 2.38. The predicted molar refractivity (Wildman–Crippen MR) is 95.1 cm³/mol. The van der Waals surface area contributed by atoms with Gasteiger partial charge in [0.1, 0.15) is 6.10 Å². The molecule has 0 N–H and O–H groups in total. The van der Waals surface area contributed by atoms with Gasteiger partial charge < -0.3 is 9.47 Å². The zero-order valence-electron chi connectivity index (χ0n) is 15.5. The third-order valence-corrected chi connectivity index (χ3v) is 3.92. The summed E-state index contributed by atoms with van der Waals surface area (Å²) >= 11 is 0. The number of benzene rings is 1. The van der Waals surface area contributed by atoms with Gasteiger partial charge in [-0.25, -0.2) is 9.59 Å². The number of hydrogen-bond acceptors (Lipinski definition) is 4. The van der Waals surface area contributed by atoms with Crippen molar-refractivity contribution >= 4 is 11.9 Å². The summed E-state index contributed by atoms with van der Waals surface area (Å²) in [6.45, 7) is 10.8. The van der Waals surface area contributed by atoms with Gasteiger partial charge in [0.15, 0.2) is 0 Å². The minimum absolute atomic E-state index is 0.0944. The summed E-state index contributed by atoms with van der Waals surface area (Å²) < 4.78 is 10.7. The van der Waals surface area contributed by atoms with E-state index in [1.165, 1.54) is 0 Å². The van der Waals surface area contributed by atoms with Crippen molar-refractivity contribution in [2.45, 2.75) is 60.0 Å². The highest BCUT2D eigenvalue weighted by Gasteiger charge is 2.18. The van der Waals surface area contributed by atoms with Gasteiger partial charge in [-0.3, -0.25) is 0 Å². The van der Waals surface area contributed by atoms with Crippen molar-refractivity contribution in [2.75, 3.05) is 6.61 Å². The molecule has 0 heterocycles. The summed E-state index contributed by atoms with van der Waals surface area (Å²) in [4.78, 5) is 24.1. The maximum atomic E-state index is 12.1. The molecule has 0 bridgehead atoms. The maximum Gasteiger partial charge on any atom is 0.338 e. The van der Waals surface area contributed by atoms with Crippen molar-refractivity contribution in [1.29, 1.82) is 0 Å². The molecular weight excluding hydrogens is 304 g/mol. The molecule has 0 spiro atoms. The Kier molecular flexibility index (Phi) is 8.51. The monoisotopic (exact) mass is 334 g/mol. The molecule has 0 saturated heterocycles. The lowest BCUT2D eigenvalue weighted by molar-refractivity contribution is 0.0173. The Labute approximate surface area is 145 Å². The van der Waals surface area contributed by atoms with Gasteiger partial charge in [0.05, 0.1) is 17.7 Å². The second kappa shape index (κ2) is 10.1. The highest BCUT2D eigenvalue weighted by Crippen LogP contribution is 2.14. The summed E-state index contributed by atoms with van der Waals surface area (Å²) in [5, 5.41) is 0. The van der Waals surface area contributed by atoms with Crippen LogP contribution in [0.15, 0.2) is 24.3 Å². The number of carbonyl (C=O) groups is 2. The van der Waals surface area contributed by atoms with Crippen LogP contribution in [0.1, 0.15) is 74.6 Å². The molecule has 24 heavy (non-hydrogen) atoms. The molecule has 1 aromatic carbocycles. The lowest BCUT2D eigenvalue weighted by atomic mass is 10.0. The van der Waals surface area contributed by atoms with Gasteiger partial charge in [-0.15, -0.1) is 0 Å². The van der Waals surface area contributed by atoms with Gasteiger partial charge in [0.25, 0.3) is 0 Å². The van der Waals surface area contributed by atoms with Crippen LogP contribution in [0.3, 0.4) is 0 Å². The first-order valence-electron chi connectivity index (χ1n) is 8.83. The minimum Gasteiger partial charge on any atom is -0.462 e. The average molecular weight is 334 g/mol. The van der Waals surface area contributed by atoms with E-state index >= 15 is 0 Å². The summed E-state index contributed by atoms with van der Waals surface area (Å²) in [6.07, 6.45) is 2.58. The Bertz CT molecular complexity index is 517. The predicted octanol–water partition coefficient (Wildman–Crippen LogP) is 4.87. The molecule has 0 aromatic heterocycles. The van der Waals surface area contributed by atoms with Crippen LogP contribution < -0.4 is 0 Å². The van der Waals surface area contributed by atoms with E-state index in [0.717, 1.165) is 19.3 Å². The third-order valence-electron chi connectivity index (χ3n) is 3.92. The zero-order chi connectivity index (χ0) is 18.1. The second-order valence-corrected chi connectivity index (χ2v) is 6.85. The molecule has 0 aliphatic carbocycles. The quantitative estimate of drug-likeness (QED) is 0.477. The summed E-state index contributed by atoms with van der Waals surface area (Å²) in [5.41, 5.74) is 0.900. The molecule has 0 saturated carbocycles. The lowest BCUT2D eigenvalue weighted by Crippen LogP contribution is -2.22. The van der Waals surface area contributed by atoms with Gasteiger partial charge in [0, 0.05) is 0 Å². The summed E-state index contributed by atoms with van der Waals surface area (Å²) in [5.74, 6) is 0.172. The molecule has 134 valence electrons. The highest BCUT2D eigenvalue weighted by atomic mass is 16.5. The molecule has 0 aliphatic heterocycles. The van der Waals surface area contributed by atoms with E-state index in [4.69, 9.17) is 9.47 Å². The van der Waals surface area contributed by atoms with E-state index in [-0.39, 0.29) is 24.0 Å². The first-order valence-corrected chi connectivity index (χ1v) is 8.83. The molecule has 0 aliphatic rings. The first kappa shape index (κ1) is 20.2. The molecule has 4 nitrogen and oxygen atoms in total.